The van der Waals surface area contributed by atoms with Crippen LogP contribution in [0.3, 0.4) is 0 Å². The van der Waals surface area contributed by atoms with Crippen LogP contribution in [0.25, 0.3) is 22.0 Å². The number of nitrogen functional groups attached to an aromatic ring is 1. The van der Waals surface area contributed by atoms with Crippen LogP contribution in [0, 0.1) is 0 Å². The minimum absolute atomic E-state index is 0.617. The van der Waals surface area contributed by atoms with E-state index >= 15 is 0 Å². The lowest BCUT2D eigenvalue weighted by atomic mass is 9.99. The number of anilines is 2. The first-order chi connectivity index (χ1) is 13.7. The third-order valence-electron chi connectivity index (χ3n) is 5.05. The number of thiophene rings is 1. The monoisotopic (exact) mass is 398 g/mol. The number of carbonyl (C=O) groups excluding carboxylic acids is 1. The number of hydrogen-bond donors (Lipinski definition) is 1. The molecule has 0 saturated carbocycles. The standard InChI is InChI=1S/C20H22N4O3S/c1-26-16-10-15-19(18(20(16)27-2)13-3-8-28-11-13)14(21)9-17(22-15)24-6-4-23(12-25)5-7-24/h3,8-12H,4-7H2,1-2H3,(H2,21,22). The fourth-order valence-corrected chi connectivity index (χ4v) is 4.28. The molecule has 1 fully saturated rings. The van der Waals surface area contributed by atoms with Crippen LogP contribution in [0.15, 0.2) is 29.0 Å². The first kappa shape index (κ1) is 18.4. The van der Waals surface area contributed by atoms with E-state index < -0.39 is 0 Å². The van der Waals surface area contributed by atoms with Gasteiger partial charge in [-0.1, -0.05) is 0 Å². The summed E-state index contributed by atoms with van der Waals surface area (Å²) in [5.74, 6) is 2.07. The molecule has 7 nitrogen and oxygen atoms in total. The Labute approximate surface area is 167 Å². The van der Waals surface area contributed by atoms with E-state index in [1.54, 1.807) is 30.5 Å². The Balaban J connectivity index is 1.88. The first-order valence-electron chi connectivity index (χ1n) is 8.98. The van der Waals surface area contributed by atoms with Gasteiger partial charge in [0.25, 0.3) is 0 Å². The molecule has 3 heterocycles. The Bertz CT molecular complexity index is 999. The number of benzene rings is 1. The van der Waals surface area contributed by atoms with Crippen LogP contribution < -0.4 is 20.1 Å². The molecule has 3 aromatic rings. The maximum absolute atomic E-state index is 11.0. The lowest BCUT2D eigenvalue weighted by molar-refractivity contribution is -0.118. The molecular formula is C20H22N4O3S. The van der Waals surface area contributed by atoms with E-state index in [2.05, 4.69) is 10.3 Å². The van der Waals surface area contributed by atoms with Gasteiger partial charge < -0.3 is 25.0 Å². The fourth-order valence-electron chi connectivity index (χ4n) is 3.63. The number of fused-ring (bicyclic) bond motifs is 1. The summed E-state index contributed by atoms with van der Waals surface area (Å²) in [4.78, 5) is 19.7. The lowest BCUT2D eigenvalue weighted by Crippen LogP contribution is -2.46. The average Bonchev–Trinajstić information content (AvgIpc) is 3.26. The summed E-state index contributed by atoms with van der Waals surface area (Å²) >= 11 is 1.61. The molecule has 4 rings (SSSR count). The summed E-state index contributed by atoms with van der Waals surface area (Å²) in [6, 6.07) is 5.81. The van der Waals surface area contributed by atoms with Crippen LogP contribution >= 0.6 is 11.3 Å². The third-order valence-corrected chi connectivity index (χ3v) is 5.74. The second-order valence-corrected chi connectivity index (χ2v) is 7.37. The number of methoxy groups -OCH3 is 2. The van der Waals surface area contributed by atoms with E-state index in [0.29, 0.717) is 30.3 Å². The Morgan fingerprint density at radius 3 is 2.57 bits per heavy atom. The van der Waals surface area contributed by atoms with Gasteiger partial charge in [-0.2, -0.15) is 11.3 Å². The maximum atomic E-state index is 11.0. The number of hydrogen-bond acceptors (Lipinski definition) is 7. The fraction of sp³-hybridized carbons (Fsp3) is 0.300. The van der Waals surface area contributed by atoms with Crippen molar-refractivity contribution in [3.8, 4) is 22.6 Å². The molecule has 8 heteroatoms. The highest BCUT2D eigenvalue weighted by Crippen LogP contribution is 2.46. The van der Waals surface area contributed by atoms with Crippen molar-refractivity contribution in [3.63, 3.8) is 0 Å². The smallest absolute Gasteiger partial charge is 0.209 e. The molecule has 28 heavy (non-hydrogen) atoms. The molecule has 2 aromatic heterocycles. The Hall–Kier alpha value is -3.00. The molecule has 0 unspecified atom stereocenters. The van der Waals surface area contributed by atoms with Crippen molar-refractivity contribution in [3.05, 3.63) is 29.0 Å². The van der Waals surface area contributed by atoms with E-state index in [9.17, 15) is 4.79 Å². The largest absolute Gasteiger partial charge is 0.493 e. The van der Waals surface area contributed by atoms with Gasteiger partial charge in [-0.05, 0) is 22.4 Å². The van der Waals surface area contributed by atoms with E-state index in [1.807, 2.05) is 23.6 Å². The molecule has 0 bridgehead atoms. The number of carbonyl (C=O) groups is 1. The summed E-state index contributed by atoms with van der Waals surface area (Å²) in [6.07, 6.45) is 0.893. The molecule has 1 aromatic carbocycles. The topological polar surface area (TPSA) is 80.9 Å². The average molecular weight is 398 g/mol. The highest BCUT2D eigenvalue weighted by atomic mass is 32.1. The minimum atomic E-state index is 0.617. The SMILES string of the molecule is COc1cc2nc(N3CCN(C=O)CC3)cc(N)c2c(-c2ccsc2)c1OC. The van der Waals surface area contributed by atoms with E-state index in [0.717, 1.165) is 47.3 Å². The molecule has 1 aliphatic rings. The van der Waals surface area contributed by atoms with Gasteiger partial charge >= 0.3 is 0 Å². The van der Waals surface area contributed by atoms with Gasteiger partial charge in [0.05, 0.1) is 19.7 Å². The number of pyridine rings is 1. The molecule has 1 aliphatic heterocycles. The van der Waals surface area contributed by atoms with Gasteiger partial charge in [0, 0.05) is 54.9 Å². The third kappa shape index (κ3) is 3.09. The van der Waals surface area contributed by atoms with Gasteiger partial charge in [0.1, 0.15) is 5.82 Å². The van der Waals surface area contributed by atoms with Crippen LogP contribution in [0.1, 0.15) is 0 Å². The zero-order valence-electron chi connectivity index (χ0n) is 15.8. The Morgan fingerprint density at radius 1 is 1.18 bits per heavy atom. The molecule has 146 valence electrons. The van der Waals surface area contributed by atoms with Gasteiger partial charge in [-0.25, -0.2) is 4.98 Å². The summed E-state index contributed by atoms with van der Waals surface area (Å²) in [5, 5.41) is 4.93. The van der Waals surface area contributed by atoms with Gasteiger partial charge in [-0.3, -0.25) is 4.79 Å². The number of nitrogens with two attached hydrogens (primary N) is 1. The van der Waals surface area contributed by atoms with E-state index in [4.69, 9.17) is 20.2 Å². The van der Waals surface area contributed by atoms with Crippen molar-refractivity contribution >= 4 is 40.2 Å². The number of nitrogens with zero attached hydrogens (tertiary/aromatic N) is 3. The molecule has 2 N–H and O–H groups in total. The number of piperazine rings is 1. The quantitative estimate of drug-likeness (QED) is 0.666. The number of aromatic nitrogens is 1. The minimum Gasteiger partial charge on any atom is -0.493 e. The second-order valence-electron chi connectivity index (χ2n) is 6.59. The molecular weight excluding hydrogens is 376 g/mol. The molecule has 1 amide bonds. The van der Waals surface area contributed by atoms with Gasteiger partial charge in [-0.15, -0.1) is 0 Å². The molecule has 0 aliphatic carbocycles. The highest BCUT2D eigenvalue weighted by Gasteiger charge is 2.23. The Kier molecular flexibility index (Phi) is 4.95. The maximum Gasteiger partial charge on any atom is 0.209 e. The predicted molar refractivity (Wildman–Crippen MR) is 112 cm³/mol. The van der Waals surface area contributed by atoms with Gasteiger partial charge in [0.15, 0.2) is 11.5 Å². The lowest BCUT2D eigenvalue weighted by Gasteiger charge is -2.33. The molecule has 0 radical (unpaired) electrons. The highest BCUT2D eigenvalue weighted by molar-refractivity contribution is 7.08. The van der Waals surface area contributed by atoms with Crippen LogP contribution in [-0.4, -0.2) is 56.7 Å². The van der Waals surface area contributed by atoms with Gasteiger partial charge in [0.2, 0.25) is 6.41 Å². The first-order valence-corrected chi connectivity index (χ1v) is 9.92. The van der Waals surface area contributed by atoms with E-state index in [1.165, 1.54) is 0 Å². The van der Waals surface area contributed by atoms with E-state index in [-0.39, 0.29) is 0 Å². The molecule has 1 saturated heterocycles. The van der Waals surface area contributed by atoms with Crippen LogP contribution in [-0.2, 0) is 4.79 Å². The summed E-state index contributed by atoms with van der Waals surface area (Å²) in [6.45, 7) is 2.80. The zero-order chi connectivity index (χ0) is 19.7. The van der Waals surface area contributed by atoms with Crippen molar-refractivity contribution < 1.29 is 14.3 Å². The Morgan fingerprint density at radius 2 is 1.96 bits per heavy atom. The number of amides is 1. The van der Waals surface area contributed by atoms with Crippen molar-refractivity contribution in [1.29, 1.82) is 0 Å². The van der Waals surface area contributed by atoms with Crippen molar-refractivity contribution in [2.24, 2.45) is 0 Å². The summed E-state index contributed by atoms with van der Waals surface area (Å²) in [7, 11) is 3.25. The summed E-state index contributed by atoms with van der Waals surface area (Å²) in [5.41, 5.74) is 9.82. The van der Waals surface area contributed by atoms with Crippen molar-refractivity contribution in [1.82, 2.24) is 9.88 Å². The predicted octanol–water partition coefficient (Wildman–Crippen LogP) is 2.84. The zero-order valence-corrected chi connectivity index (χ0v) is 16.7. The number of rotatable bonds is 5. The normalized spacial score (nSPS) is 14.4. The van der Waals surface area contributed by atoms with Crippen molar-refractivity contribution in [2.45, 2.75) is 0 Å². The van der Waals surface area contributed by atoms with Crippen LogP contribution in [0.5, 0.6) is 11.5 Å². The number of ether oxygens (including phenoxy) is 2. The van der Waals surface area contributed by atoms with Crippen LogP contribution in [0.2, 0.25) is 0 Å². The van der Waals surface area contributed by atoms with Crippen molar-refractivity contribution in [2.75, 3.05) is 51.0 Å². The summed E-state index contributed by atoms with van der Waals surface area (Å²) < 4.78 is 11.2. The molecule has 0 spiro atoms. The molecule has 0 atom stereocenters. The second kappa shape index (κ2) is 7.55. The van der Waals surface area contributed by atoms with Crippen LogP contribution in [0.4, 0.5) is 11.5 Å².